The van der Waals surface area contributed by atoms with Crippen LogP contribution >= 0.6 is 0 Å². The lowest BCUT2D eigenvalue weighted by Crippen LogP contribution is -2.55. The van der Waals surface area contributed by atoms with Crippen LogP contribution in [0, 0.1) is 40.4 Å². The fourth-order valence-electron chi connectivity index (χ4n) is 8.34. The molecule has 4 aliphatic carbocycles. The van der Waals surface area contributed by atoms with Gasteiger partial charge in [0.2, 0.25) is 10.0 Å². The third kappa shape index (κ3) is 3.21. The SMILES string of the molecule is CC(=O)[C@H]1CC[C@H]2[C@@H]3CC[C@H]4C[C@@H](NS(C)(=O)=O)CC[C@]4(C)[C@H]3CC[C@]12C. The quantitative estimate of drug-likeness (QED) is 0.781. The molecule has 0 unspecified atom stereocenters. The van der Waals surface area contributed by atoms with Crippen molar-refractivity contribution in [3.8, 4) is 0 Å². The summed E-state index contributed by atoms with van der Waals surface area (Å²) in [6.45, 7) is 6.72. The molecule has 0 aliphatic heterocycles. The summed E-state index contributed by atoms with van der Waals surface area (Å²) >= 11 is 0. The highest BCUT2D eigenvalue weighted by molar-refractivity contribution is 7.88. The van der Waals surface area contributed by atoms with Crippen LogP contribution in [0.5, 0.6) is 0 Å². The Kier molecular flexibility index (Phi) is 4.82. The van der Waals surface area contributed by atoms with Crippen molar-refractivity contribution in [1.82, 2.24) is 4.72 Å². The lowest BCUT2D eigenvalue weighted by atomic mass is 9.44. The highest BCUT2D eigenvalue weighted by atomic mass is 32.2. The molecule has 0 heterocycles. The van der Waals surface area contributed by atoms with Gasteiger partial charge in [-0.2, -0.15) is 0 Å². The van der Waals surface area contributed by atoms with Gasteiger partial charge in [0.25, 0.3) is 0 Å². The molecule has 0 aromatic heterocycles. The standard InChI is InChI=1S/C22H37NO3S/c1-14(24)18-7-8-19-17-6-5-15-13-16(23-27(4,25)26)9-11-21(15,2)20(17)10-12-22(18,19)3/h15-20,23H,5-13H2,1-4H3/t15-,16-,17-,18+,19-,20-,21-,22+/m0/s1. The molecule has 4 aliphatic rings. The number of sulfonamides is 1. The van der Waals surface area contributed by atoms with Crippen LogP contribution in [0.15, 0.2) is 0 Å². The zero-order chi connectivity index (χ0) is 19.6. The van der Waals surface area contributed by atoms with Gasteiger partial charge >= 0.3 is 0 Å². The number of Topliss-reactive ketones (excluding diaryl/α,β-unsaturated/α-hetero) is 1. The Hall–Kier alpha value is -0.420. The minimum Gasteiger partial charge on any atom is -0.300 e. The van der Waals surface area contributed by atoms with Crippen LogP contribution in [-0.2, 0) is 14.8 Å². The van der Waals surface area contributed by atoms with Crippen LogP contribution in [0.2, 0.25) is 0 Å². The molecule has 1 N–H and O–H groups in total. The molecule has 0 aromatic carbocycles. The molecule has 4 nitrogen and oxygen atoms in total. The first kappa shape index (κ1) is 19.9. The summed E-state index contributed by atoms with van der Waals surface area (Å²) in [4.78, 5) is 12.3. The Bertz CT molecular complexity index is 719. The van der Waals surface area contributed by atoms with Gasteiger partial charge in [0.1, 0.15) is 5.78 Å². The molecule has 27 heavy (non-hydrogen) atoms. The van der Waals surface area contributed by atoms with Crippen LogP contribution in [0.3, 0.4) is 0 Å². The van der Waals surface area contributed by atoms with Crippen molar-refractivity contribution < 1.29 is 13.2 Å². The van der Waals surface area contributed by atoms with E-state index >= 15 is 0 Å². The molecule has 0 amide bonds. The average molecular weight is 396 g/mol. The third-order valence-corrected chi connectivity index (χ3v) is 10.3. The summed E-state index contributed by atoms with van der Waals surface area (Å²) in [5.74, 6) is 3.58. The Morgan fingerprint density at radius 2 is 1.59 bits per heavy atom. The smallest absolute Gasteiger partial charge is 0.208 e. The van der Waals surface area contributed by atoms with E-state index < -0.39 is 10.0 Å². The van der Waals surface area contributed by atoms with E-state index in [1.54, 1.807) is 6.92 Å². The number of fused-ring (bicyclic) bond motifs is 5. The van der Waals surface area contributed by atoms with Gasteiger partial charge < -0.3 is 0 Å². The largest absolute Gasteiger partial charge is 0.300 e. The van der Waals surface area contributed by atoms with E-state index in [1.165, 1.54) is 38.4 Å². The van der Waals surface area contributed by atoms with Crippen molar-refractivity contribution in [2.75, 3.05) is 6.26 Å². The number of hydrogen-bond acceptors (Lipinski definition) is 3. The third-order valence-electron chi connectivity index (χ3n) is 9.54. The van der Waals surface area contributed by atoms with Gasteiger partial charge in [-0.1, -0.05) is 13.8 Å². The summed E-state index contributed by atoms with van der Waals surface area (Å²) < 4.78 is 26.2. The normalized spacial score (nSPS) is 49.8. The van der Waals surface area contributed by atoms with Gasteiger partial charge in [-0.3, -0.25) is 4.79 Å². The van der Waals surface area contributed by atoms with E-state index in [4.69, 9.17) is 0 Å². The summed E-state index contributed by atoms with van der Waals surface area (Å²) in [6.07, 6.45) is 11.7. The lowest BCUT2D eigenvalue weighted by molar-refractivity contribution is -0.134. The topological polar surface area (TPSA) is 63.2 Å². The molecule has 0 spiro atoms. The van der Waals surface area contributed by atoms with E-state index in [0.29, 0.717) is 17.1 Å². The van der Waals surface area contributed by atoms with Gasteiger partial charge in [0.15, 0.2) is 0 Å². The lowest BCUT2D eigenvalue weighted by Gasteiger charge is -2.61. The second kappa shape index (κ2) is 6.55. The Balaban J connectivity index is 1.53. The van der Waals surface area contributed by atoms with Crippen molar-refractivity contribution in [3.63, 3.8) is 0 Å². The summed E-state index contributed by atoms with van der Waals surface area (Å²) in [6, 6.07) is 0.122. The molecule has 5 heteroatoms. The van der Waals surface area contributed by atoms with Gasteiger partial charge in [-0.05, 0) is 99.2 Å². The first-order valence-corrected chi connectivity index (χ1v) is 12.9. The molecule has 154 valence electrons. The second-order valence-corrected chi connectivity index (χ2v) is 12.6. The van der Waals surface area contributed by atoms with Crippen LogP contribution in [-0.4, -0.2) is 26.5 Å². The molecular weight excluding hydrogens is 358 g/mol. The predicted octanol–water partition coefficient (Wildman–Crippen LogP) is 4.15. The van der Waals surface area contributed by atoms with Gasteiger partial charge in [-0.25, -0.2) is 13.1 Å². The molecule has 4 rings (SSSR count). The Labute approximate surface area is 165 Å². The van der Waals surface area contributed by atoms with Crippen molar-refractivity contribution in [3.05, 3.63) is 0 Å². The maximum absolute atomic E-state index is 12.3. The van der Waals surface area contributed by atoms with Crippen LogP contribution in [0.1, 0.15) is 78.6 Å². The van der Waals surface area contributed by atoms with E-state index in [0.717, 1.165) is 43.4 Å². The Morgan fingerprint density at radius 3 is 2.26 bits per heavy atom. The van der Waals surface area contributed by atoms with Crippen LogP contribution in [0.25, 0.3) is 0 Å². The molecule has 4 saturated carbocycles. The van der Waals surface area contributed by atoms with Gasteiger partial charge in [0.05, 0.1) is 6.26 Å². The average Bonchev–Trinajstić information content (AvgIpc) is 2.91. The molecule has 0 bridgehead atoms. The van der Waals surface area contributed by atoms with E-state index in [2.05, 4.69) is 18.6 Å². The molecule has 4 fully saturated rings. The summed E-state index contributed by atoms with van der Waals surface area (Å²) in [5.41, 5.74) is 0.583. The van der Waals surface area contributed by atoms with E-state index in [1.807, 2.05) is 0 Å². The number of nitrogens with one attached hydrogen (secondary N) is 1. The zero-order valence-corrected chi connectivity index (χ0v) is 18.3. The van der Waals surface area contributed by atoms with Crippen LogP contribution < -0.4 is 4.72 Å². The summed E-state index contributed by atoms with van der Waals surface area (Å²) in [7, 11) is -3.12. The summed E-state index contributed by atoms with van der Waals surface area (Å²) in [5, 5.41) is 0. The Morgan fingerprint density at radius 1 is 0.926 bits per heavy atom. The molecule has 0 aromatic rings. The van der Waals surface area contributed by atoms with E-state index in [9.17, 15) is 13.2 Å². The number of ketones is 1. The number of carbonyl (C=O) groups excluding carboxylic acids is 1. The van der Waals surface area contributed by atoms with Gasteiger partial charge in [0, 0.05) is 12.0 Å². The zero-order valence-electron chi connectivity index (χ0n) is 17.5. The number of hydrogen-bond donors (Lipinski definition) is 1. The molecule has 0 radical (unpaired) electrons. The first-order chi connectivity index (χ1) is 12.5. The maximum Gasteiger partial charge on any atom is 0.208 e. The minimum absolute atomic E-state index is 0.122. The first-order valence-electron chi connectivity index (χ1n) is 11.0. The van der Waals surface area contributed by atoms with Crippen molar-refractivity contribution in [2.45, 2.75) is 84.6 Å². The highest BCUT2D eigenvalue weighted by Gasteiger charge is 2.60. The van der Waals surface area contributed by atoms with Gasteiger partial charge in [-0.15, -0.1) is 0 Å². The molecule has 8 atom stereocenters. The second-order valence-electron chi connectivity index (χ2n) is 10.8. The fourth-order valence-corrected chi connectivity index (χ4v) is 9.16. The van der Waals surface area contributed by atoms with Crippen LogP contribution in [0.4, 0.5) is 0 Å². The predicted molar refractivity (Wildman–Crippen MR) is 108 cm³/mol. The molecular formula is C22H37NO3S. The minimum atomic E-state index is -3.12. The number of rotatable bonds is 3. The van der Waals surface area contributed by atoms with Crippen molar-refractivity contribution in [2.24, 2.45) is 40.4 Å². The maximum atomic E-state index is 12.3. The van der Waals surface area contributed by atoms with Crippen molar-refractivity contribution >= 4 is 15.8 Å². The van der Waals surface area contributed by atoms with Crippen molar-refractivity contribution in [1.29, 1.82) is 0 Å². The molecule has 0 saturated heterocycles. The highest BCUT2D eigenvalue weighted by Crippen LogP contribution is 2.67. The fraction of sp³-hybridized carbons (Fsp3) is 0.955. The van der Waals surface area contributed by atoms with E-state index in [-0.39, 0.29) is 17.4 Å². The number of carbonyl (C=O) groups is 1. The monoisotopic (exact) mass is 395 g/mol.